The molecule has 0 saturated carbocycles. The number of amides is 1. The van der Waals surface area contributed by atoms with Crippen LogP contribution in [0.1, 0.15) is 43.6 Å². The molecule has 1 rings (SSSR count). The minimum absolute atomic E-state index is 0.0835. The number of rotatable bonds is 4. The van der Waals surface area contributed by atoms with E-state index in [0.717, 1.165) is 16.9 Å². The predicted octanol–water partition coefficient (Wildman–Crippen LogP) is 3.26. The zero-order valence-corrected chi connectivity index (χ0v) is 12.2. The molecule has 0 radical (unpaired) electrons. The highest BCUT2D eigenvalue weighted by Crippen LogP contribution is 2.20. The number of hydrogen-bond acceptors (Lipinski definition) is 2. The Balaban J connectivity index is 3.09. The number of benzene rings is 1. The van der Waals surface area contributed by atoms with E-state index in [2.05, 4.69) is 0 Å². The van der Waals surface area contributed by atoms with Gasteiger partial charge < -0.3 is 9.64 Å². The van der Waals surface area contributed by atoms with Crippen LogP contribution in [-0.2, 0) is 0 Å². The first-order valence-electron chi connectivity index (χ1n) is 6.35. The monoisotopic (exact) mass is 249 g/mol. The third-order valence-corrected chi connectivity index (χ3v) is 3.01. The zero-order valence-electron chi connectivity index (χ0n) is 12.2. The molecule has 0 aliphatic heterocycles. The Morgan fingerprint density at radius 1 is 1.17 bits per heavy atom. The van der Waals surface area contributed by atoms with Crippen molar-refractivity contribution in [1.29, 1.82) is 0 Å². The van der Waals surface area contributed by atoms with E-state index in [0.29, 0.717) is 0 Å². The summed E-state index contributed by atoms with van der Waals surface area (Å²) in [6.45, 7) is 10.1. The van der Waals surface area contributed by atoms with Gasteiger partial charge in [0.25, 0.3) is 5.91 Å². The van der Waals surface area contributed by atoms with Crippen LogP contribution < -0.4 is 4.74 Å². The fourth-order valence-corrected chi connectivity index (χ4v) is 2.21. The van der Waals surface area contributed by atoms with Crippen LogP contribution in [0, 0.1) is 6.92 Å². The van der Waals surface area contributed by atoms with Crippen molar-refractivity contribution in [2.24, 2.45) is 0 Å². The molecule has 1 aromatic carbocycles. The second kappa shape index (κ2) is 5.89. The van der Waals surface area contributed by atoms with Crippen LogP contribution in [-0.4, -0.2) is 30.0 Å². The Labute approximate surface area is 110 Å². The highest BCUT2D eigenvalue weighted by Gasteiger charge is 2.22. The normalized spacial score (nSPS) is 10.9. The SMILES string of the molecule is COc1ccc(C(=O)N(C(C)C)C(C)C)c(C)c1. The molecule has 18 heavy (non-hydrogen) atoms. The van der Waals surface area contributed by atoms with Crippen LogP contribution in [0.2, 0.25) is 0 Å². The van der Waals surface area contributed by atoms with Gasteiger partial charge in [0, 0.05) is 17.6 Å². The number of nitrogens with zero attached hydrogens (tertiary/aromatic N) is 1. The number of carbonyl (C=O) groups excluding carboxylic acids is 1. The molecule has 1 aromatic rings. The van der Waals surface area contributed by atoms with Crippen molar-refractivity contribution < 1.29 is 9.53 Å². The van der Waals surface area contributed by atoms with E-state index in [9.17, 15) is 4.79 Å². The van der Waals surface area contributed by atoms with Crippen LogP contribution in [0.15, 0.2) is 18.2 Å². The van der Waals surface area contributed by atoms with E-state index in [-0.39, 0.29) is 18.0 Å². The van der Waals surface area contributed by atoms with Gasteiger partial charge in [0.1, 0.15) is 5.75 Å². The highest BCUT2D eigenvalue weighted by atomic mass is 16.5. The van der Waals surface area contributed by atoms with Gasteiger partial charge in [0.2, 0.25) is 0 Å². The molecule has 0 aliphatic rings. The molecule has 0 fully saturated rings. The second-order valence-electron chi connectivity index (χ2n) is 5.08. The largest absolute Gasteiger partial charge is 0.497 e. The van der Waals surface area contributed by atoms with Crippen molar-refractivity contribution in [1.82, 2.24) is 4.90 Å². The van der Waals surface area contributed by atoms with E-state index < -0.39 is 0 Å². The fraction of sp³-hybridized carbons (Fsp3) is 0.533. The first-order valence-corrected chi connectivity index (χ1v) is 6.35. The van der Waals surface area contributed by atoms with Gasteiger partial charge in [-0.2, -0.15) is 0 Å². The molecule has 0 spiro atoms. The predicted molar refractivity (Wildman–Crippen MR) is 74.2 cm³/mol. The summed E-state index contributed by atoms with van der Waals surface area (Å²) >= 11 is 0. The maximum absolute atomic E-state index is 12.5. The summed E-state index contributed by atoms with van der Waals surface area (Å²) < 4.78 is 5.16. The molecule has 0 saturated heterocycles. The van der Waals surface area contributed by atoms with Gasteiger partial charge in [-0.3, -0.25) is 4.79 Å². The Morgan fingerprint density at radius 3 is 2.11 bits per heavy atom. The number of hydrogen-bond donors (Lipinski definition) is 0. The molecule has 0 N–H and O–H groups in total. The summed E-state index contributed by atoms with van der Waals surface area (Å²) in [6.07, 6.45) is 0. The molecule has 0 atom stereocenters. The maximum Gasteiger partial charge on any atom is 0.254 e. The fourth-order valence-electron chi connectivity index (χ4n) is 2.21. The topological polar surface area (TPSA) is 29.5 Å². The molecule has 0 aromatic heterocycles. The standard InChI is InChI=1S/C15H23NO2/c1-10(2)16(11(3)4)15(17)14-8-7-13(18-6)9-12(14)5/h7-11H,1-6H3. The minimum Gasteiger partial charge on any atom is -0.497 e. The molecule has 3 nitrogen and oxygen atoms in total. The molecular formula is C15H23NO2. The number of aryl methyl sites for hydroxylation is 1. The Morgan fingerprint density at radius 2 is 1.72 bits per heavy atom. The van der Waals surface area contributed by atoms with Gasteiger partial charge in [0.15, 0.2) is 0 Å². The third-order valence-electron chi connectivity index (χ3n) is 3.01. The average Bonchev–Trinajstić information content (AvgIpc) is 2.27. The molecular weight excluding hydrogens is 226 g/mol. The number of methoxy groups -OCH3 is 1. The maximum atomic E-state index is 12.5. The smallest absolute Gasteiger partial charge is 0.254 e. The number of ether oxygens (including phenoxy) is 1. The molecule has 100 valence electrons. The van der Waals surface area contributed by atoms with Crippen LogP contribution in [0.5, 0.6) is 5.75 Å². The molecule has 3 heteroatoms. The van der Waals surface area contributed by atoms with Crippen molar-refractivity contribution in [2.45, 2.75) is 46.7 Å². The van der Waals surface area contributed by atoms with Gasteiger partial charge >= 0.3 is 0 Å². The molecule has 0 bridgehead atoms. The molecule has 0 heterocycles. The number of carbonyl (C=O) groups is 1. The second-order valence-corrected chi connectivity index (χ2v) is 5.08. The van der Waals surface area contributed by atoms with Crippen LogP contribution in [0.25, 0.3) is 0 Å². The van der Waals surface area contributed by atoms with E-state index in [1.54, 1.807) is 7.11 Å². The summed E-state index contributed by atoms with van der Waals surface area (Å²) in [5, 5.41) is 0. The van der Waals surface area contributed by atoms with Crippen molar-refractivity contribution in [3.8, 4) is 5.75 Å². The highest BCUT2D eigenvalue weighted by molar-refractivity contribution is 5.96. The first kappa shape index (κ1) is 14.6. The first-order chi connectivity index (χ1) is 8.38. The lowest BCUT2D eigenvalue weighted by Gasteiger charge is -2.31. The molecule has 0 unspecified atom stereocenters. The van der Waals surface area contributed by atoms with Crippen molar-refractivity contribution >= 4 is 5.91 Å². The van der Waals surface area contributed by atoms with Crippen molar-refractivity contribution in [2.75, 3.05) is 7.11 Å². The van der Waals surface area contributed by atoms with E-state index >= 15 is 0 Å². The van der Waals surface area contributed by atoms with Gasteiger partial charge in [-0.1, -0.05) is 0 Å². The Hall–Kier alpha value is -1.51. The summed E-state index contributed by atoms with van der Waals surface area (Å²) in [4.78, 5) is 14.4. The van der Waals surface area contributed by atoms with Crippen LogP contribution >= 0.6 is 0 Å². The molecule has 1 amide bonds. The summed E-state index contributed by atoms with van der Waals surface area (Å²) in [5.41, 5.74) is 1.70. The Bertz CT molecular complexity index is 417. The van der Waals surface area contributed by atoms with Gasteiger partial charge in [-0.05, 0) is 58.4 Å². The summed E-state index contributed by atoms with van der Waals surface area (Å²) in [5.74, 6) is 0.866. The quantitative estimate of drug-likeness (QED) is 0.819. The summed E-state index contributed by atoms with van der Waals surface area (Å²) in [7, 11) is 1.63. The van der Waals surface area contributed by atoms with Gasteiger partial charge in [0.05, 0.1) is 7.11 Å². The lowest BCUT2D eigenvalue weighted by Crippen LogP contribution is -2.42. The van der Waals surface area contributed by atoms with Crippen molar-refractivity contribution in [3.05, 3.63) is 29.3 Å². The van der Waals surface area contributed by atoms with Crippen LogP contribution in [0.4, 0.5) is 0 Å². The molecule has 0 aliphatic carbocycles. The van der Waals surface area contributed by atoms with Crippen molar-refractivity contribution in [3.63, 3.8) is 0 Å². The Kier molecular flexibility index (Phi) is 4.76. The third kappa shape index (κ3) is 3.03. The summed E-state index contributed by atoms with van der Waals surface area (Å²) in [6, 6.07) is 5.96. The van der Waals surface area contributed by atoms with Crippen LogP contribution in [0.3, 0.4) is 0 Å². The van der Waals surface area contributed by atoms with E-state index in [1.807, 2.05) is 57.7 Å². The minimum atomic E-state index is 0.0835. The van der Waals surface area contributed by atoms with Gasteiger partial charge in [-0.15, -0.1) is 0 Å². The zero-order chi connectivity index (χ0) is 13.9. The van der Waals surface area contributed by atoms with E-state index in [4.69, 9.17) is 4.74 Å². The lowest BCUT2D eigenvalue weighted by atomic mass is 10.1. The van der Waals surface area contributed by atoms with Gasteiger partial charge in [-0.25, -0.2) is 0 Å². The average molecular weight is 249 g/mol. The van der Waals surface area contributed by atoms with E-state index in [1.165, 1.54) is 0 Å². The lowest BCUT2D eigenvalue weighted by molar-refractivity contribution is 0.0643.